The molecule has 0 heterocycles. The van der Waals surface area contributed by atoms with Crippen LogP contribution in [0.1, 0.15) is 0 Å². The maximum Gasteiger partial charge on any atom is 0.411 e. The third-order valence-corrected chi connectivity index (χ3v) is 2.37. The van der Waals surface area contributed by atoms with Crippen molar-refractivity contribution in [2.24, 2.45) is 0 Å². The van der Waals surface area contributed by atoms with Crippen molar-refractivity contribution in [2.75, 3.05) is 12.4 Å². The molecular formula is C14H12NO2. The number of hydrogen-bond donors (Lipinski definition) is 1. The van der Waals surface area contributed by atoms with E-state index in [0.717, 1.165) is 11.1 Å². The van der Waals surface area contributed by atoms with Gasteiger partial charge in [-0.25, -0.2) is 4.79 Å². The van der Waals surface area contributed by atoms with E-state index >= 15 is 0 Å². The first kappa shape index (κ1) is 11.2. The smallest absolute Gasteiger partial charge is 0.411 e. The first-order valence-electron chi connectivity index (χ1n) is 5.21. The van der Waals surface area contributed by atoms with Crippen LogP contribution in [0.15, 0.2) is 48.5 Å². The van der Waals surface area contributed by atoms with Gasteiger partial charge in [-0.05, 0) is 29.3 Å². The molecule has 0 aliphatic carbocycles. The maximum absolute atomic E-state index is 11.0. The van der Waals surface area contributed by atoms with E-state index in [1.54, 1.807) is 0 Å². The fraction of sp³-hybridized carbons (Fsp3) is 0.0714. The summed E-state index contributed by atoms with van der Waals surface area (Å²) in [7, 11) is 1.34. The number of methoxy groups -OCH3 is 1. The van der Waals surface area contributed by atoms with Crippen LogP contribution in [-0.2, 0) is 4.74 Å². The molecule has 2 aromatic carbocycles. The summed E-state index contributed by atoms with van der Waals surface area (Å²) in [6, 6.07) is 18.3. The van der Waals surface area contributed by atoms with Crippen LogP contribution in [0.2, 0.25) is 0 Å². The molecule has 0 saturated heterocycles. The van der Waals surface area contributed by atoms with Crippen molar-refractivity contribution in [3.8, 4) is 11.1 Å². The average Bonchev–Trinajstić information content (AvgIpc) is 2.40. The summed E-state index contributed by atoms with van der Waals surface area (Å²) in [6.45, 7) is 0. The Labute approximate surface area is 100 Å². The van der Waals surface area contributed by atoms with Crippen LogP contribution in [0.3, 0.4) is 0 Å². The second kappa shape index (κ2) is 5.16. The van der Waals surface area contributed by atoms with Crippen molar-refractivity contribution in [1.29, 1.82) is 0 Å². The third kappa shape index (κ3) is 2.84. The van der Waals surface area contributed by atoms with Crippen LogP contribution >= 0.6 is 0 Å². The normalized spacial score (nSPS) is 9.71. The SMILES string of the molecule is COC(=O)Nc1ccc(-c2cc[c]cc2)cc1. The fourth-order valence-electron chi connectivity index (χ4n) is 1.49. The van der Waals surface area contributed by atoms with Gasteiger partial charge in [-0.1, -0.05) is 36.4 Å². The molecular weight excluding hydrogens is 214 g/mol. The van der Waals surface area contributed by atoms with Crippen LogP contribution in [0.25, 0.3) is 11.1 Å². The molecule has 1 radical (unpaired) electrons. The first-order valence-corrected chi connectivity index (χ1v) is 5.21. The lowest BCUT2D eigenvalue weighted by molar-refractivity contribution is 0.187. The highest BCUT2D eigenvalue weighted by molar-refractivity contribution is 5.85. The van der Waals surface area contributed by atoms with E-state index in [1.165, 1.54) is 7.11 Å². The second-order valence-corrected chi connectivity index (χ2v) is 3.48. The number of benzene rings is 2. The van der Waals surface area contributed by atoms with E-state index in [0.29, 0.717) is 5.69 Å². The largest absolute Gasteiger partial charge is 0.453 e. The zero-order valence-electron chi connectivity index (χ0n) is 9.44. The highest BCUT2D eigenvalue weighted by atomic mass is 16.5. The molecule has 1 N–H and O–H groups in total. The van der Waals surface area contributed by atoms with Crippen molar-refractivity contribution < 1.29 is 9.53 Å². The summed E-state index contributed by atoms with van der Waals surface area (Å²) >= 11 is 0. The van der Waals surface area contributed by atoms with Gasteiger partial charge >= 0.3 is 6.09 Å². The second-order valence-electron chi connectivity index (χ2n) is 3.48. The van der Waals surface area contributed by atoms with Crippen molar-refractivity contribution in [3.05, 3.63) is 54.6 Å². The summed E-state index contributed by atoms with van der Waals surface area (Å²) < 4.78 is 4.51. The van der Waals surface area contributed by atoms with Gasteiger partial charge in [0.15, 0.2) is 0 Å². The lowest BCUT2D eigenvalue weighted by atomic mass is 10.1. The number of amides is 1. The minimum atomic E-state index is -0.466. The number of ether oxygens (including phenoxy) is 1. The van der Waals surface area contributed by atoms with Crippen LogP contribution in [0.5, 0.6) is 0 Å². The minimum absolute atomic E-state index is 0.466. The number of carbonyl (C=O) groups excluding carboxylic acids is 1. The monoisotopic (exact) mass is 226 g/mol. The highest BCUT2D eigenvalue weighted by Crippen LogP contribution is 2.20. The quantitative estimate of drug-likeness (QED) is 0.852. The molecule has 3 nitrogen and oxygen atoms in total. The molecule has 0 aliphatic heterocycles. The van der Waals surface area contributed by atoms with Crippen molar-refractivity contribution in [1.82, 2.24) is 0 Å². The van der Waals surface area contributed by atoms with Crippen molar-refractivity contribution in [3.63, 3.8) is 0 Å². The summed E-state index contributed by atoms with van der Waals surface area (Å²) in [4.78, 5) is 11.0. The number of hydrogen-bond acceptors (Lipinski definition) is 2. The molecule has 1 amide bonds. The van der Waals surface area contributed by atoms with Gasteiger partial charge in [-0.2, -0.15) is 0 Å². The molecule has 0 aliphatic rings. The van der Waals surface area contributed by atoms with Crippen LogP contribution < -0.4 is 5.32 Å². The topological polar surface area (TPSA) is 38.3 Å². The summed E-state index contributed by atoms with van der Waals surface area (Å²) in [5.74, 6) is 0. The molecule has 2 rings (SSSR count). The molecule has 3 heteroatoms. The Balaban J connectivity index is 2.16. The van der Waals surface area contributed by atoms with Gasteiger partial charge < -0.3 is 4.74 Å². The standard InChI is InChI=1S/C14H12NO2/c1-17-14(16)15-13-9-7-12(8-10-13)11-5-3-2-4-6-11/h3-10H,1H3,(H,15,16). The van der Waals surface area contributed by atoms with Crippen LogP contribution in [-0.4, -0.2) is 13.2 Å². The molecule has 0 fully saturated rings. The minimum Gasteiger partial charge on any atom is -0.453 e. The molecule has 17 heavy (non-hydrogen) atoms. The molecule has 2 aromatic rings. The van der Waals surface area contributed by atoms with E-state index < -0.39 is 6.09 Å². The van der Waals surface area contributed by atoms with E-state index in [9.17, 15) is 4.79 Å². The third-order valence-electron chi connectivity index (χ3n) is 2.37. The van der Waals surface area contributed by atoms with Crippen LogP contribution in [0.4, 0.5) is 10.5 Å². The van der Waals surface area contributed by atoms with Crippen molar-refractivity contribution in [2.45, 2.75) is 0 Å². The Bertz CT molecular complexity index is 491. The number of anilines is 1. The predicted octanol–water partition coefficient (Wildman–Crippen LogP) is 3.33. The maximum atomic E-state index is 11.0. The summed E-state index contributed by atoms with van der Waals surface area (Å²) in [5, 5.41) is 2.60. The van der Waals surface area contributed by atoms with Gasteiger partial charge in [-0.3, -0.25) is 5.32 Å². The Morgan fingerprint density at radius 2 is 1.65 bits per heavy atom. The van der Waals surface area contributed by atoms with Gasteiger partial charge in [0.05, 0.1) is 7.11 Å². The van der Waals surface area contributed by atoms with E-state index in [4.69, 9.17) is 0 Å². The van der Waals surface area contributed by atoms with E-state index in [2.05, 4.69) is 16.1 Å². The molecule has 0 unspecified atom stereocenters. The van der Waals surface area contributed by atoms with Gasteiger partial charge in [0.25, 0.3) is 0 Å². The Morgan fingerprint density at radius 3 is 2.24 bits per heavy atom. The van der Waals surface area contributed by atoms with E-state index in [-0.39, 0.29) is 0 Å². The highest BCUT2D eigenvalue weighted by Gasteiger charge is 2.01. The molecule has 0 spiro atoms. The summed E-state index contributed by atoms with van der Waals surface area (Å²) in [5.41, 5.74) is 2.92. The average molecular weight is 226 g/mol. The Hall–Kier alpha value is -2.29. The lowest BCUT2D eigenvalue weighted by Gasteiger charge is -2.05. The number of nitrogens with one attached hydrogen (secondary N) is 1. The van der Waals surface area contributed by atoms with Gasteiger partial charge in [0, 0.05) is 5.69 Å². The molecule has 0 bridgehead atoms. The molecule has 0 atom stereocenters. The van der Waals surface area contributed by atoms with Gasteiger partial charge in [-0.15, -0.1) is 0 Å². The van der Waals surface area contributed by atoms with Crippen molar-refractivity contribution >= 4 is 11.8 Å². The molecule has 0 saturated carbocycles. The van der Waals surface area contributed by atoms with Gasteiger partial charge in [0.2, 0.25) is 0 Å². The predicted molar refractivity (Wildman–Crippen MR) is 66.7 cm³/mol. The summed E-state index contributed by atoms with van der Waals surface area (Å²) in [6.07, 6.45) is -0.466. The van der Waals surface area contributed by atoms with Crippen LogP contribution in [0, 0.1) is 6.07 Å². The van der Waals surface area contributed by atoms with Gasteiger partial charge in [0.1, 0.15) is 0 Å². The first-order chi connectivity index (χ1) is 8.29. The van der Waals surface area contributed by atoms with E-state index in [1.807, 2.05) is 48.5 Å². The number of rotatable bonds is 2. The zero-order chi connectivity index (χ0) is 12.1. The Kier molecular flexibility index (Phi) is 3.40. The molecule has 0 aromatic heterocycles. The molecule has 85 valence electrons. The zero-order valence-corrected chi connectivity index (χ0v) is 9.44. The fourth-order valence-corrected chi connectivity index (χ4v) is 1.49. The Morgan fingerprint density at radius 1 is 1.06 bits per heavy atom. The number of carbonyl (C=O) groups is 1. The lowest BCUT2D eigenvalue weighted by Crippen LogP contribution is -2.10.